The van der Waals surface area contributed by atoms with Crippen molar-refractivity contribution in [2.75, 3.05) is 19.6 Å². The number of nitrogens with one attached hydrogen (secondary N) is 2. The van der Waals surface area contributed by atoms with E-state index < -0.39 is 0 Å². The van der Waals surface area contributed by atoms with E-state index in [4.69, 9.17) is 0 Å². The van der Waals surface area contributed by atoms with Gasteiger partial charge in [0.15, 0.2) is 0 Å². The van der Waals surface area contributed by atoms with Gasteiger partial charge in [-0.2, -0.15) is 0 Å². The molecule has 126 valence electrons. The van der Waals surface area contributed by atoms with Gasteiger partial charge in [-0.15, -0.1) is 0 Å². The van der Waals surface area contributed by atoms with E-state index in [1.54, 1.807) is 0 Å². The van der Waals surface area contributed by atoms with Gasteiger partial charge in [0.05, 0.1) is 0 Å². The smallest absolute Gasteiger partial charge is 0.223 e. The minimum atomic E-state index is 0.166. The van der Waals surface area contributed by atoms with Gasteiger partial charge in [-0.3, -0.25) is 4.79 Å². The van der Waals surface area contributed by atoms with Crippen molar-refractivity contribution in [1.29, 1.82) is 0 Å². The summed E-state index contributed by atoms with van der Waals surface area (Å²) in [7, 11) is 0. The maximum Gasteiger partial charge on any atom is 0.223 e. The summed E-state index contributed by atoms with van der Waals surface area (Å²) in [6, 6.07) is 21.0. The predicted molar refractivity (Wildman–Crippen MR) is 97.9 cm³/mol. The highest BCUT2D eigenvalue weighted by atomic mass is 16.1. The van der Waals surface area contributed by atoms with Crippen LogP contribution in [0.15, 0.2) is 60.7 Å². The predicted octanol–water partition coefficient (Wildman–Crippen LogP) is 3.13. The summed E-state index contributed by atoms with van der Waals surface area (Å²) >= 11 is 0. The molecule has 3 nitrogen and oxygen atoms in total. The van der Waals surface area contributed by atoms with Crippen LogP contribution >= 0.6 is 0 Å². The van der Waals surface area contributed by atoms with Gasteiger partial charge in [0.2, 0.25) is 5.91 Å². The van der Waals surface area contributed by atoms with E-state index in [0.717, 1.165) is 32.4 Å². The molecule has 1 fully saturated rings. The highest BCUT2D eigenvalue weighted by Gasteiger charge is 2.22. The zero-order chi connectivity index (χ0) is 16.6. The van der Waals surface area contributed by atoms with Gasteiger partial charge in [0, 0.05) is 18.4 Å². The molecule has 0 aliphatic carbocycles. The lowest BCUT2D eigenvalue weighted by molar-refractivity contribution is -0.125. The van der Waals surface area contributed by atoms with Crippen LogP contribution in [0.1, 0.15) is 29.9 Å². The number of carbonyl (C=O) groups excluding carboxylic acids is 1. The third-order valence-corrected chi connectivity index (χ3v) is 4.83. The number of hydrogen-bond donors (Lipinski definition) is 2. The number of amides is 1. The molecule has 2 N–H and O–H groups in total. The van der Waals surface area contributed by atoms with Crippen LogP contribution in [-0.4, -0.2) is 25.5 Å². The largest absolute Gasteiger partial charge is 0.355 e. The molecule has 0 saturated carbocycles. The maximum absolute atomic E-state index is 12.4. The second-order valence-corrected chi connectivity index (χ2v) is 6.57. The average Bonchev–Trinajstić information content (AvgIpc) is 2.67. The van der Waals surface area contributed by atoms with Gasteiger partial charge >= 0.3 is 0 Å². The topological polar surface area (TPSA) is 41.1 Å². The minimum absolute atomic E-state index is 0.166. The second kappa shape index (κ2) is 8.65. The zero-order valence-corrected chi connectivity index (χ0v) is 14.1. The second-order valence-electron chi connectivity index (χ2n) is 6.57. The summed E-state index contributed by atoms with van der Waals surface area (Å²) in [5.74, 6) is 0.684. The highest BCUT2D eigenvalue weighted by Crippen LogP contribution is 2.21. The Morgan fingerprint density at radius 3 is 2.29 bits per heavy atom. The fourth-order valence-electron chi connectivity index (χ4n) is 3.38. The van der Waals surface area contributed by atoms with Crippen molar-refractivity contribution in [3.05, 3.63) is 71.8 Å². The molecular formula is C21H26N2O. The van der Waals surface area contributed by atoms with Gasteiger partial charge < -0.3 is 10.6 Å². The first-order chi connectivity index (χ1) is 11.8. The van der Waals surface area contributed by atoms with E-state index in [-0.39, 0.29) is 11.8 Å². The lowest BCUT2D eigenvalue weighted by atomic mass is 9.91. The van der Waals surface area contributed by atoms with Crippen molar-refractivity contribution < 1.29 is 4.79 Å². The van der Waals surface area contributed by atoms with Gasteiger partial charge in [0.25, 0.3) is 0 Å². The van der Waals surface area contributed by atoms with Crippen molar-refractivity contribution in [3.63, 3.8) is 0 Å². The molecule has 3 heteroatoms. The maximum atomic E-state index is 12.4. The van der Waals surface area contributed by atoms with Gasteiger partial charge in [-0.05, 0) is 43.5 Å². The first-order valence-electron chi connectivity index (χ1n) is 8.90. The number of rotatable bonds is 6. The molecule has 1 saturated heterocycles. The normalized spacial score (nSPS) is 16.5. The average molecular weight is 322 g/mol. The Hall–Kier alpha value is -2.13. The Morgan fingerprint density at radius 2 is 1.62 bits per heavy atom. The third-order valence-electron chi connectivity index (χ3n) is 4.83. The first kappa shape index (κ1) is 16.7. The third kappa shape index (κ3) is 4.68. The SMILES string of the molecule is O=C(NCC(Cc1ccccc1)c1ccccc1)C1CCNCC1. The molecule has 0 radical (unpaired) electrons. The molecule has 0 bridgehead atoms. The van der Waals surface area contributed by atoms with Crippen LogP contribution < -0.4 is 10.6 Å². The van der Waals surface area contributed by atoms with E-state index in [1.165, 1.54) is 11.1 Å². The molecule has 2 aromatic carbocycles. The molecule has 1 unspecified atom stereocenters. The quantitative estimate of drug-likeness (QED) is 0.858. The summed E-state index contributed by atoms with van der Waals surface area (Å²) in [6.07, 6.45) is 2.83. The van der Waals surface area contributed by atoms with E-state index >= 15 is 0 Å². The van der Waals surface area contributed by atoms with Crippen LogP contribution in [0.5, 0.6) is 0 Å². The molecule has 1 heterocycles. The molecule has 24 heavy (non-hydrogen) atoms. The van der Waals surface area contributed by atoms with Crippen molar-refractivity contribution in [1.82, 2.24) is 10.6 Å². The standard InChI is InChI=1S/C21H26N2O/c24-21(19-11-13-22-14-12-19)23-16-20(18-9-5-2-6-10-18)15-17-7-3-1-4-8-17/h1-10,19-20,22H,11-16H2,(H,23,24). The Bertz CT molecular complexity index is 621. The Morgan fingerprint density at radius 1 is 1.00 bits per heavy atom. The van der Waals surface area contributed by atoms with E-state index in [1.807, 2.05) is 12.1 Å². The van der Waals surface area contributed by atoms with E-state index in [0.29, 0.717) is 12.5 Å². The Balaban J connectivity index is 1.64. The van der Waals surface area contributed by atoms with Gasteiger partial charge in [-0.1, -0.05) is 60.7 Å². The van der Waals surface area contributed by atoms with Crippen molar-refractivity contribution in [2.24, 2.45) is 5.92 Å². The summed E-state index contributed by atoms with van der Waals surface area (Å²) in [6.45, 7) is 2.59. The summed E-state index contributed by atoms with van der Waals surface area (Å²) in [5, 5.41) is 6.52. The molecule has 1 aliphatic rings. The number of benzene rings is 2. The Kier molecular flexibility index (Phi) is 6.02. The van der Waals surface area contributed by atoms with Crippen LogP contribution in [0, 0.1) is 5.92 Å². The molecule has 3 rings (SSSR count). The fraction of sp³-hybridized carbons (Fsp3) is 0.381. The number of carbonyl (C=O) groups is 1. The minimum Gasteiger partial charge on any atom is -0.355 e. The summed E-state index contributed by atoms with van der Waals surface area (Å²) in [5.41, 5.74) is 2.59. The highest BCUT2D eigenvalue weighted by molar-refractivity contribution is 5.78. The van der Waals surface area contributed by atoms with Crippen LogP contribution in [0.25, 0.3) is 0 Å². The lowest BCUT2D eigenvalue weighted by Gasteiger charge is -2.24. The fourth-order valence-corrected chi connectivity index (χ4v) is 3.38. The number of hydrogen-bond acceptors (Lipinski definition) is 2. The monoisotopic (exact) mass is 322 g/mol. The van der Waals surface area contributed by atoms with Gasteiger partial charge in [-0.25, -0.2) is 0 Å². The van der Waals surface area contributed by atoms with Crippen LogP contribution in [0.2, 0.25) is 0 Å². The first-order valence-corrected chi connectivity index (χ1v) is 8.90. The Labute approximate surface area is 144 Å². The van der Waals surface area contributed by atoms with Crippen LogP contribution in [0.3, 0.4) is 0 Å². The molecular weight excluding hydrogens is 296 g/mol. The van der Waals surface area contributed by atoms with Crippen molar-refractivity contribution in [2.45, 2.75) is 25.2 Å². The lowest BCUT2D eigenvalue weighted by Crippen LogP contribution is -2.39. The van der Waals surface area contributed by atoms with Crippen molar-refractivity contribution in [3.8, 4) is 0 Å². The van der Waals surface area contributed by atoms with E-state index in [2.05, 4.69) is 59.2 Å². The molecule has 1 amide bonds. The number of piperidine rings is 1. The van der Waals surface area contributed by atoms with Crippen LogP contribution in [-0.2, 0) is 11.2 Å². The summed E-state index contributed by atoms with van der Waals surface area (Å²) in [4.78, 5) is 12.4. The zero-order valence-electron chi connectivity index (χ0n) is 14.1. The molecule has 0 spiro atoms. The molecule has 2 aromatic rings. The van der Waals surface area contributed by atoms with Gasteiger partial charge in [0.1, 0.15) is 0 Å². The molecule has 1 atom stereocenters. The van der Waals surface area contributed by atoms with Crippen LogP contribution in [0.4, 0.5) is 0 Å². The summed E-state index contributed by atoms with van der Waals surface area (Å²) < 4.78 is 0. The van der Waals surface area contributed by atoms with E-state index in [9.17, 15) is 4.79 Å². The van der Waals surface area contributed by atoms with Crippen molar-refractivity contribution >= 4 is 5.91 Å². The molecule has 1 aliphatic heterocycles. The molecule has 0 aromatic heterocycles.